The average Bonchev–Trinajstić information content (AvgIpc) is 2.59. The summed E-state index contributed by atoms with van der Waals surface area (Å²) in [6, 6.07) is 8.95. The van der Waals surface area contributed by atoms with Crippen LogP contribution in [0.1, 0.15) is 10.6 Å². The minimum atomic E-state index is 1.23. The molecule has 3 aromatic rings. The lowest BCUT2D eigenvalue weighted by Crippen LogP contribution is -1.67. The van der Waals surface area contributed by atoms with E-state index >= 15 is 0 Å². The molecule has 1 N–H and O–H groups in total. The molecule has 0 aliphatic heterocycles. The number of H-pyrrole nitrogens is 1. The van der Waals surface area contributed by atoms with Gasteiger partial charge in [-0.1, -0.05) is 0 Å². The van der Waals surface area contributed by atoms with Crippen molar-refractivity contribution in [3.8, 4) is 0 Å². The molecule has 14 heavy (non-hydrogen) atoms. The van der Waals surface area contributed by atoms with E-state index in [0.29, 0.717) is 0 Å². The second-order valence-corrected chi connectivity index (χ2v) is 5.07. The summed E-state index contributed by atoms with van der Waals surface area (Å²) in [7, 11) is 0. The first-order valence-corrected chi connectivity index (χ1v) is 5.53. The van der Waals surface area contributed by atoms with Crippen LogP contribution in [-0.4, -0.2) is 4.98 Å². The third-order valence-electron chi connectivity index (χ3n) is 2.52. The van der Waals surface area contributed by atoms with E-state index in [0.717, 1.165) is 0 Å². The van der Waals surface area contributed by atoms with Gasteiger partial charge in [-0.25, -0.2) is 0 Å². The van der Waals surface area contributed by atoms with Crippen molar-refractivity contribution in [1.29, 1.82) is 0 Å². The van der Waals surface area contributed by atoms with E-state index in [1.165, 1.54) is 31.6 Å². The second kappa shape index (κ2) is 2.61. The number of thiophene rings is 1. The van der Waals surface area contributed by atoms with E-state index in [1.54, 1.807) is 0 Å². The molecule has 1 aromatic carbocycles. The molecule has 0 amide bonds. The van der Waals surface area contributed by atoms with Gasteiger partial charge in [0.2, 0.25) is 0 Å². The summed E-state index contributed by atoms with van der Waals surface area (Å²) in [6.07, 6.45) is 0. The van der Waals surface area contributed by atoms with E-state index in [-0.39, 0.29) is 0 Å². The Bertz CT molecular complexity index is 513. The standard InChI is InChI=1S/C12H11NS/c1-7-3-9-5-10-4-8(2)14-12(10)6-11(9)13-7/h3-6,13H,1-2H3. The molecule has 0 saturated heterocycles. The third kappa shape index (κ3) is 1.07. The Morgan fingerprint density at radius 3 is 2.71 bits per heavy atom. The molecular weight excluding hydrogens is 190 g/mol. The zero-order chi connectivity index (χ0) is 9.71. The van der Waals surface area contributed by atoms with Crippen LogP contribution >= 0.6 is 11.3 Å². The number of aromatic nitrogens is 1. The number of benzene rings is 1. The lowest BCUT2D eigenvalue weighted by atomic mass is 10.2. The number of aromatic amines is 1. The van der Waals surface area contributed by atoms with Crippen molar-refractivity contribution in [2.75, 3.05) is 0 Å². The fraction of sp³-hybridized carbons (Fsp3) is 0.167. The highest BCUT2D eigenvalue weighted by Gasteiger charge is 2.02. The first-order chi connectivity index (χ1) is 6.72. The topological polar surface area (TPSA) is 15.8 Å². The molecule has 2 heterocycles. The Morgan fingerprint density at radius 1 is 1.00 bits per heavy atom. The molecule has 2 aromatic heterocycles. The van der Waals surface area contributed by atoms with Gasteiger partial charge >= 0.3 is 0 Å². The van der Waals surface area contributed by atoms with E-state index in [2.05, 4.69) is 43.1 Å². The number of hydrogen-bond donors (Lipinski definition) is 1. The fourth-order valence-corrected chi connectivity index (χ4v) is 2.89. The van der Waals surface area contributed by atoms with Gasteiger partial charge < -0.3 is 4.98 Å². The smallest absolute Gasteiger partial charge is 0.0470 e. The van der Waals surface area contributed by atoms with Gasteiger partial charge in [0.25, 0.3) is 0 Å². The summed E-state index contributed by atoms with van der Waals surface area (Å²) in [6.45, 7) is 4.25. The van der Waals surface area contributed by atoms with Gasteiger partial charge in [0.15, 0.2) is 0 Å². The molecule has 0 unspecified atom stereocenters. The Hall–Kier alpha value is -1.28. The highest BCUT2D eigenvalue weighted by atomic mass is 32.1. The summed E-state index contributed by atoms with van der Waals surface area (Å²) in [4.78, 5) is 4.75. The molecule has 2 heteroatoms. The predicted molar refractivity (Wildman–Crippen MR) is 63.2 cm³/mol. The maximum absolute atomic E-state index is 3.37. The number of aryl methyl sites for hydroxylation is 2. The molecule has 0 bridgehead atoms. The van der Waals surface area contributed by atoms with Crippen LogP contribution in [0.2, 0.25) is 0 Å². The first-order valence-electron chi connectivity index (χ1n) is 4.72. The van der Waals surface area contributed by atoms with Crippen molar-refractivity contribution < 1.29 is 0 Å². The Kier molecular flexibility index (Phi) is 1.50. The van der Waals surface area contributed by atoms with Crippen molar-refractivity contribution in [2.24, 2.45) is 0 Å². The van der Waals surface area contributed by atoms with E-state index in [9.17, 15) is 0 Å². The van der Waals surface area contributed by atoms with Crippen LogP contribution < -0.4 is 0 Å². The number of rotatable bonds is 0. The Labute approximate surface area is 86.4 Å². The van der Waals surface area contributed by atoms with Crippen LogP contribution in [-0.2, 0) is 0 Å². The van der Waals surface area contributed by atoms with Gasteiger partial charge in [-0.15, -0.1) is 11.3 Å². The van der Waals surface area contributed by atoms with E-state index < -0.39 is 0 Å². The van der Waals surface area contributed by atoms with Crippen LogP contribution in [0.15, 0.2) is 24.3 Å². The predicted octanol–water partition coefficient (Wildman–Crippen LogP) is 4.00. The number of hydrogen-bond acceptors (Lipinski definition) is 1. The highest BCUT2D eigenvalue weighted by molar-refractivity contribution is 7.19. The maximum Gasteiger partial charge on any atom is 0.0470 e. The Morgan fingerprint density at radius 2 is 1.86 bits per heavy atom. The normalized spacial score (nSPS) is 11.6. The lowest BCUT2D eigenvalue weighted by molar-refractivity contribution is 1.30. The second-order valence-electron chi connectivity index (χ2n) is 3.79. The van der Waals surface area contributed by atoms with Crippen molar-refractivity contribution in [1.82, 2.24) is 4.98 Å². The van der Waals surface area contributed by atoms with Gasteiger partial charge in [0, 0.05) is 26.2 Å². The maximum atomic E-state index is 3.37. The van der Waals surface area contributed by atoms with Crippen LogP contribution in [0, 0.1) is 13.8 Å². The SMILES string of the molecule is Cc1cc2cc3cc(C)sc3cc2[nH]1. The average molecular weight is 201 g/mol. The largest absolute Gasteiger partial charge is 0.359 e. The monoisotopic (exact) mass is 201 g/mol. The van der Waals surface area contributed by atoms with Crippen LogP contribution in [0.5, 0.6) is 0 Å². The lowest BCUT2D eigenvalue weighted by Gasteiger charge is -1.90. The van der Waals surface area contributed by atoms with Crippen LogP contribution in [0.25, 0.3) is 21.0 Å². The molecule has 0 saturated carbocycles. The summed E-state index contributed by atoms with van der Waals surface area (Å²) >= 11 is 1.86. The molecule has 0 aliphatic carbocycles. The molecule has 0 fully saturated rings. The third-order valence-corrected chi connectivity index (χ3v) is 3.53. The van der Waals surface area contributed by atoms with Crippen molar-refractivity contribution in [3.63, 3.8) is 0 Å². The molecule has 70 valence electrons. The van der Waals surface area contributed by atoms with Crippen LogP contribution in [0.3, 0.4) is 0 Å². The van der Waals surface area contributed by atoms with E-state index in [4.69, 9.17) is 0 Å². The summed E-state index contributed by atoms with van der Waals surface area (Å²) in [5.41, 5.74) is 2.48. The quantitative estimate of drug-likeness (QED) is 0.566. The number of fused-ring (bicyclic) bond motifs is 2. The minimum Gasteiger partial charge on any atom is -0.359 e. The highest BCUT2D eigenvalue weighted by Crippen LogP contribution is 2.29. The van der Waals surface area contributed by atoms with E-state index in [1.807, 2.05) is 11.3 Å². The zero-order valence-electron chi connectivity index (χ0n) is 8.22. The van der Waals surface area contributed by atoms with Gasteiger partial charge in [0.05, 0.1) is 0 Å². The number of nitrogens with one attached hydrogen (secondary N) is 1. The molecule has 3 rings (SSSR count). The summed E-state index contributed by atoms with van der Waals surface area (Å²) < 4.78 is 1.37. The summed E-state index contributed by atoms with van der Waals surface area (Å²) in [5, 5.41) is 2.67. The molecular formula is C12H11NS. The van der Waals surface area contributed by atoms with Gasteiger partial charge in [0.1, 0.15) is 0 Å². The van der Waals surface area contributed by atoms with Gasteiger partial charge in [-0.05, 0) is 43.5 Å². The molecule has 1 nitrogen and oxygen atoms in total. The van der Waals surface area contributed by atoms with Crippen LogP contribution in [0.4, 0.5) is 0 Å². The van der Waals surface area contributed by atoms with Gasteiger partial charge in [-0.2, -0.15) is 0 Å². The fourth-order valence-electron chi connectivity index (χ4n) is 1.95. The molecule has 0 spiro atoms. The summed E-state index contributed by atoms with van der Waals surface area (Å²) in [5.74, 6) is 0. The zero-order valence-corrected chi connectivity index (χ0v) is 9.03. The van der Waals surface area contributed by atoms with Gasteiger partial charge in [-0.3, -0.25) is 0 Å². The first kappa shape index (κ1) is 8.06. The molecule has 0 atom stereocenters. The van der Waals surface area contributed by atoms with Crippen molar-refractivity contribution in [3.05, 3.63) is 34.8 Å². The minimum absolute atomic E-state index is 1.23. The van der Waals surface area contributed by atoms with Crippen molar-refractivity contribution >= 4 is 32.3 Å². The molecule has 0 radical (unpaired) electrons. The molecule has 0 aliphatic rings. The Balaban J connectivity index is 2.49. The van der Waals surface area contributed by atoms with Crippen molar-refractivity contribution in [2.45, 2.75) is 13.8 Å².